The van der Waals surface area contributed by atoms with Gasteiger partial charge in [-0.1, -0.05) is 29.4 Å². The lowest BCUT2D eigenvalue weighted by molar-refractivity contribution is 1.08. The highest BCUT2D eigenvalue weighted by Gasteiger charge is 2.08. The van der Waals surface area contributed by atoms with Crippen LogP contribution >= 0.6 is 23.4 Å². The van der Waals surface area contributed by atoms with Gasteiger partial charge in [-0.15, -0.1) is 0 Å². The Morgan fingerprint density at radius 2 is 2.18 bits per heavy atom. The third kappa shape index (κ3) is 2.79. The van der Waals surface area contributed by atoms with E-state index in [-0.39, 0.29) is 0 Å². The maximum atomic E-state index is 9.10. The van der Waals surface area contributed by atoms with Gasteiger partial charge in [0.2, 0.25) is 0 Å². The number of halogens is 1. The Bertz CT molecular complexity index is 590. The Morgan fingerprint density at radius 1 is 1.35 bits per heavy atom. The van der Waals surface area contributed by atoms with Crippen LogP contribution in [0.1, 0.15) is 11.1 Å². The molecule has 0 radical (unpaired) electrons. The van der Waals surface area contributed by atoms with E-state index < -0.39 is 0 Å². The van der Waals surface area contributed by atoms with Crippen LogP contribution in [0.25, 0.3) is 0 Å². The van der Waals surface area contributed by atoms with Crippen LogP contribution in [-0.4, -0.2) is 4.98 Å². The summed E-state index contributed by atoms with van der Waals surface area (Å²) in [5.41, 5.74) is 1.56. The number of hydrogen-bond donors (Lipinski definition) is 0. The summed E-state index contributed by atoms with van der Waals surface area (Å²) in [6, 6.07) is 11.5. The van der Waals surface area contributed by atoms with Crippen molar-refractivity contribution >= 4 is 23.4 Å². The highest BCUT2D eigenvalue weighted by atomic mass is 35.5. The maximum absolute atomic E-state index is 9.10. The Balaban J connectivity index is 2.37. The highest BCUT2D eigenvalue weighted by Crippen LogP contribution is 2.30. The van der Waals surface area contributed by atoms with E-state index in [2.05, 4.69) is 11.1 Å². The minimum absolute atomic E-state index is 0.623. The van der Waals surface area contributed by atoms with E-state index in [4.69, 9.17) is 16.9 Å². The Morgan fingerprint density at radius 3 is 2.88 bits per heavy atom. The van der Waals surface area contributed by atoms with Crippen LogP contribution in [0.4, 0.5) is 0 Å². The molecule has 2 nitrogen and oxygen atoms in total. The lowest BCUT2D eigenvalue weighted by Crippen LogP contribution is -1.89. The van der Waals surface area contributed by atoms with Gasteiger partial charge >= 0.3 is 0 Å². The Labute approximate surface area is 109 Å². The van der Waals surface area contributed by atoms with E-state index in [1.165, 1.54) is 11.8 Å². The molecule has 0 bridgehead atoms. The first kappa shape index (κ1) is 12.0. The number of aromatic nitrogens is 1. The largest absolute Gasteiger partial charge is 0.248 e. The maximum Gasteiger partial charge on any atom is 0.119 e. The molecule has 84 valence electrons. The fraction of sp³-hybridized carbons (Fsp3) is 0.0769. The first-order valence-corrected chi connectivity index (χ1v) is 6.19. The smallest absolute Gasteiger partial charge is 0.119 e. The standard InChI is InChI=1S/C13H9ClN2S/c1-9-5-6-16-13(12(9)8-15)17-11-4-2-3-10(14)7-11/h2-7H,1H3. The van der Waals surface area contributed by atoms with E-state index in [0.717, 1.165) is 15.5 Å². The number of benzene rings is 1. The molecular weight excluding hydrogens is 252 g/mol. The number of rotatable bonds is 2. The summed E-state index contributed by atoms with van der Waals surface area (Å²) < 4.78 is 0. The van der Waals surface area contributed by atoms with Gasteiger partial charge in [0, 0.05) is 16.1 Å². The molecule has 0 amide bonds. The fourth-order valence-electron chi connectivity index (χ4n) is 1.39. The Hall–Kier alpha value is -1.50. The molecule has 2 rings (SSSR count). The molecule has 4 heteroatoms. The SMILES string of the molecule is Cc1ccnc(Sc2cccc(Cl)c2)c1C#N. The summed E-state index contributed by atoms with van der Waals surface area (Å²) >= 11 is 7.37. The molecule has 1 heterocycles. The van der Waals surface area contributed by atoms with Crippen LogP contribution in [-0.2, 0) is 0 Å². The third-order valence-corrected chi connectivity index (χ3v) is 3.47. The van der Waals surface area contributed by atoms with Crippen molar-refractivity contribution in [1.82, 2.24) is 4.98 Å². The van der Waals surface area contributed by atoms with Crippen LogP contribution in [0.2, 0.25) is 5.02 Å². The number of hydrogen-bond acceptors (Lipinski definition) is 3. The van der Waals surface area contributed by atoms with Gasteiger partial charge in [-0.25, -0.2) is 4.98 Å². The van der Waals surface area contributed by atoms with Crippen LogP contribution in [0.5, 0.6) is 0 Å². The molecule has 1 aromatic carbocycles. The van der Waals surface area contributed by atoms with E-state index in [1.54, 1.807) is 6.20 Å². The summed E-state index contributed by atoms with van der Waals surface area (Å²) in [7, 11) is 0. The minimum Gasteiger partial charge on any atom is -0.248 e. The van der Waals surface area contributed by atoms with Crippen molar-refractivity contribution in [1.29, 1.82) is 5.26 Å². The van der Waals surface area contributed by atoms with Crippen molar-refractivity contribution < 1.29 is 0 Å². The number of nitrogens with zero attached hydrogens (tertiary/aromatic N) is 2. The molecule has 0 aliphatic heterocycles. The van der Waals surface area contributed by atoms with E-state index in [1.807, 2.05) is 37.3 Å². The summed E-state index contributed by atoms with van der Waals surface area (Å²) in [4.78, 5) is 5.21. The summed E-state index contributed by atoms with van der Waals surface area (Å²) in [6.45, 7) is 1.91. The summed E-state index contributed by atoms with van der Waals surface area (Å²) in [5.74, 6) is 0. The molecule has 0 unspecified atom stereocenters. The second-order valence-electron chi connectivity index (χ2n) is 3.48. The molecule has 2 aromatic rings. The summed E-state index contributed by atoms with van der Waals surface area (Å²) in [6.07, 6.45) is 1.71. The molecule has 0 atom stereocenters. The molecule has 0 aliphatic carbocycles. The van der Waals surface area contributed by atoms with Crippen molar-refractivity contribution in [2.75, 3.05) is 0 Å². The first-order valence-electron chi connectivity index (χ1n) is 5.00. The van der Waals surface area contributed by atoms with Crippen LogP contribution in [0.15, 0.2) is 46.5 Å². The number of pyridine rings is 1. The molecule has 0 spiro atoms. The van der Waals surface area contributed by atoms with Gasteiger partial charge < -0.3 is 0 Å². The van der Waals surface area contributed by atoms with Gasteiger partial charge in [0.25, 0.3) is 0 Å². The normalized spacial score (nSPS) is 9.94. The molecular formula is C13H9ClN2S. The quantitative estimate of drug-likeness (QED) is 0.817. The summed E-state index contributed by atoms with van der Waals surface area (Å²) in [5, 5.41) is 10.5. The zero-order valence-electron chi connectivity index (χ0n) is 9.14. The molecule has 17 heavy (non-hydrogen) atoms. The number of nitriles is 1. The second kappa shape index (κ2) is 5.22. The van der Waals surface area contributed by atoms with Gasteiger partial charge in [-0.2, -0.15) is 5.26 Å². The van der Waals surface area contributed by atoms with Gasteiger partial charge in [-0.3, -0.25) is 0 Å². The van der Waals surface area contributed by atoms with Gasteiger partial charge in [0.05, 0.1) is 5.56 Å². The lowest BCUT2D eigenvalue weighted by Gasteiger charge is -2.05. The molecule has 1 aromatic heterocycles. The zero-order chi connectivity index (χ0) is 12.3. The molecule has 0 N–H and O–H groups in total. The average Bonchev–Trinajstić information content (AvgIpc) is 2.29. The van der Waals surface area contributed by atoms with E-state index in [9.17, 15) is 0 Å². The minimum atomic E-state index is 0.623. The fourth-order valence-corrected chi connectivity index (χ4v) is 2.62. The van der Waals surface area contributed by atoms with Crippen molar-refractivity contribution in [3.8, 4) is 6.07 Å². The van der Waals surface area contributed by atoms with Gasteiger partial charge in [0.1, 0.15) is 11.1 Å². The van der Waals surface area contributed by atoms with Crippen molar-refractivity contribution in [3.63, 3.8) is 0 Å². The topological polar surface area (TPSA) is 36.7 Å². The zero-order valence-corrected chi connectivity index (χ0v) is 10.7. The third-order valence-electron chi connectivity index (χ3n) is 2.25. The van der Waals surface area contributed by atoms with Crippen LogP contribution < -0.4 is 0 Å². The second-order valence-corrected chi connectivity index (χ2v) is 4.98. The molecule has 0 fully saturated rings. The van der Waals surface area contributed by atoms with E-state index in [0.29, 0.717) is 10.6 Å². The average molecular weight is 261 g/mol. The molecule has 0 saturated heterocycles. The first-order chi connectivity index (χ1) is 8.20. The lowest BCUT2D eigenvalue weighted by atomic mass is 10.2. The molecule has 0 saturated carbocycles. The van der Waals surface area contributed by atoms with Gasteiger partial charge in [0.15, 0.2) is 0 Å². The van der Waals surface area contributed by atoms with Gasteiger partial charge in [-0.05, 0) is 36.8 Å². The Kier molecular flexibility index (Phi) is 3.68. The van der Waals surface area contributed by atoms with Crippen LogP contribution in [0, 0.1) is 18.3 Å². The highest BCUT2D eigenvalue weighted by molar-refractivity contribution is 7.99. The monoisotopic (exact) mass is 260 g/mol. The predicted molar refractivity (Wildman–Crippen MR) is 69.3 cm³/mol. The van der Waals surface area contributed by atoms with Crippen molar-refractivity contribution in [3.05, 3.63) is 52.7 Å². The molecule has 0 aliphatic rings. The predicted octanol–water partition coefficient (Wildman–Crippen LogP) is 4.07. The van der Waals surface area contributed by atoms with Crippen molar-refractivity contribution in [2.45, 2.75) is 16.8 Å². The number of aryl methyl sites for hydroxylation is 1. The van der Waals surface area contributed by atoms with Crippen molar-refractivity contribution in [2.24, 2.45) is 0 Å². The van der Waals surface area contributed by atoms with E-state index >= 15 is 0 Å². The van der Waals surface area contributed by atoms with Crippen LogP contribution in [0.3, 0.4) is 0 Å².